The largest absolute Gasteiger partial charge is 0.369 e. The van der Waals surface area contributed by atoms with E-state index in [9.17, 15) is 14.9 Å². The molecule has 0 aliphatic rings. The fourth-order valence-corrected chi connectivity index (χ4v) is 2.39. The van der Waals surface area contributed by atoms with Crippen molar-refractivity contribution in [2.24, 2.45) is 20.0 Å². The van der Waals surface area contributed by atoms with Crippen molar-refractivity contribution in [3.05, 3.63) is 26.4 Å². The minimum absolute atomic E-state index is 0.0355. The summed E-state index contributed by atoms with van der Waals surface area (Å²) < 4.78 is 2.25. The molecule has 0 saturated heterocycles. The van der Waals surface area contributed by atoms with Crippen molar-refractivity contribution in [1.82, 2.24) is 14.0 Å². The van der Waals surface area contributed by atoms with E-state index in [1.807, 2.05) is 20.2 Å². The van der Waals surface area contributed by atoms with Gasteiger partial charge in [0, 0.05) is 26.7 Å². The fourth-order valence-electron chi connectivity index (χ4n) is 2.39. The van der Waals surface area contributed by atoms with Gasteiger partial charge in [0.2, 0.25) is 0 Å². The van der Waals surface area contributed by atoms with Gasteiger partial charge in [0.15, 0.2) is 5.56 Å². The van der Waals surface area contributed by atoms with Crippen molar-refractivity contribution in [2.75, 3.05) is 26.0 Å². The predicted octanol–water partition coefficient (Wildman–Crippen LogP) is 0.344. The summed E-state index contributed by atoms with van der Waals surface area (Å²) in [5.74, 6) is 0.809. The summed E-state index contributed by atoms with van der Waals surface area (Å²) in [6.45, 7) is 4.84. The highest BCUT2D eigenvalue weighted by atomic mass is 16.2. The van der Waals surface area contributed by atoms with Crippen LogP contribution in [0.25, 0.3) is 0 Å². The lowest BCUT2D eigenvalue weighted by atomic mass is 10.0. The molecule has 1 atom stereocenters. The highest BCUT2D eigenvalue weighted by Gasteiger charge is 2.18. The Kier molecular flexibility index (Phi) is 5.94. The molecule has 122 valence electrons. The van der Waals surface area contributed by atoms with Crippen molar-refractivity contribution in [3.8, 4) is 6.07 Å². The summed E-state index contributed by atoms with van der Waals surface area (Å²) in [7, 11) is 6.90. The summed E-state index contributed by atoms with van der Waals surface area (Å²) in [6, 6.07) is 2.14. The number of nitriles is 1. The molecule has 0 fully saturated rings. The van der Waals surface area contributed by atoms with Gasteiger partial charge in [0.1, 0.15) is 11.9 Å². The van der Waals surface area contributed by atoms with Gasteiger partial charge in [-0.05, 0) is 26.4 Å². The monoisotopic (exact) mass is 307 g/mol. The van der Waals surface area contributed by atoms with Gasteiger partial charge in [-0.25, -0.2) is 4.79 Å². The van der Waals surface area contributed by atoms with Crippen LogP contribution in [0.2, 0.25) is 0 Å². The number of nitrogens with zero attached hydrogens (tertiary/aromatic N) is 4. The molecule has 0 saturated carbocycles. The molecule has 0 radical (unpaired) electrons. The number of hydrogen-bond donors (Lipinski definition) is 1. The van der Waals surface area contributed by atoms with Gasteiger partial charge in [-0.3, -0.25) is 13.9 Å². The van der Waals surface area contributed by atoms with E-state index in [4.69, 9.17) is 0 Å². The third kappa shape index (κ3) is 3.77. The van der Waals surface area contributed by atoms with Crippen LogP contribution in [0.3, 0.4) is 0 Å². The fraction of sp³-hybridized carbons (Fsp3) is 0.667. The topological polar surface area (TPSA) is 83.1 Å². The lowest BCUT2D eigenvalue weighted by Crippen LogP contribution is -2.42. The minimum atomic E-state index is -0.571. The Morgan fingerprint density at radius 3 is 2.27 bits per heavy atom. The number of hydrogen-bond acceptors (Lipinski definition) is 5. The van der Waals surface area contributed by atoms with E-state index in [1.165, 1.54) is 11.6 Å². The Balaban J connectivity index is 3.16. The summed E-state index contributed by atoms with van der Waals surface area (Å²) >= 11 is 0. The molecule has 0 aliphatic carbocycles. The lowest BCUT2D eigenvalue weighted by Gasteiger charge is -2.27. The molecule has 0 aromatic carbocycles. The van der Waals surface area contributed by atoms with Crippen molar-refractivity contribution >= 4 is 5.82 Å². The predicted molar refractivity (Wildman–Crippen MR) is 87.1 cm³/mol. The molecule has 1 rings (SSSR count). The Morgan fingerprint density at radius 2 is 1.82 bits per heavy atom. The van der Waals surface area contributed by atoms with Crippen LogP contribution in [0.5, 0.6) is 0 Å². The Labute approximate surface area is 130 Å². The third-order valence-corrected chi connectivity index (χ3v) is 3.76. The second kappa shape index (κ2) is 7.27. The van der Waals surface area contributed by atoms with Gasteiger partial charge in [0.25, 0.3) is 5.56 Å². The van der Waals surface area contributed by atoms with Gasteiger partial charge in [-0.15, -0.1) is 0 Å². The van der Waals surface area contributed by atoms with E-state index >= 15 is 0 Å². The SMILES string of the molecule is CC(C)C[C@H](CNc1c(C#N)c(=O)n(C)c(=O)n1C)N(C)C. The lowest BCUT2D eigenvalue weighted by molar-refractivity contribution is 0.265. The van der Waals surface area contributed by atoms with Crippen LogP contribution >= 0.6 is 0 Å². The average Bonchev–Trinajstić information content (AvgIpc) is 2.45. The second-order valence-corrected chi connectivity index (χ2v) is 6.17. The van der Waals surface area contributed by atoms with Crippen LogP contribution in [0.15, 0.2) is 9.59 Å². The standard InChI is InChI=1S/C15H25N5O2/c1-10(2)7-11(18(3)4)9-17-13-12(8-16)14(21)20(6)15(22)19(13)5/h10-11,17H,7,9H2,1-6H3/t11-/m1/s1. The number of nitrogens with one attached hydrogen (secondary N) is 1. The quantitative estimate of drug-likeness (QED) is 0.819. The van der Waals surface area contributed by atoms with Crippen LogP contribution < -0.4 is 16.6 Å². The number of rotatable bonds is 6. The molecule has 0 amide bonds. The maximum absolute atomic E-state index is 12.0. The van der Waals surface area contributed by atoms with E-state index in [0.29, 0.717) is 12.5 Å². The van der Waals surface area contributed by atoms with Crippen LogP contribution in [-0.2, 0) is 14.1 Å². The van der Waals surface area contributed by atoms with E-state index in [2.05, 4.69) is 24.1 Å². The zero-order valence-corrected chi connectivity index (χ0v) is 14.2. The summed E-state index contributed by atoms with van der Waals surface area (Å²) in [4.78, 5) is 26.1. The minimum Gasteiger partial charge on any atom is -0.369 e. The maximum Gasteiger partial charge on any atom is 0.332 e. The van der Waals surface area contributed by atoms with E-state index < -0.39 is 11.2 Å². The Bertz CT molecular complexity index is 679. The molecule has 7 nitrogen and oxygen atoms in total. The first-order valence-corrected chi connectivity index (χ1v) is 7.31. The Hall–Kier alpha value is -2.07. The summed E-state index contributed by atoms with van der Waals surface area (Å²) in [5, 5.41) is 12.3. The van der Waals surface area contributed by atoms with Crippen molar-refractivity contribution < 1.29 is 0 Å². The molecule has 1 heterocycles. The maximum atomic E-state index is 12.0. The highest BCUT2D eigenvalue weighted by Crippen LogP contribution is 2.12. The van der Waals surface area contributed by atoms with Crippen molar-refractivity contribution in [1.29, 1.82) is 5.26 Å². The third-order valence-electron chi connectivity index (χ3n) is 3.76. The van der Waals surface area contributed by atoms with Gasteiger partial charge in [-0.2, -0.15) is 5.26 Å². The molecular formula is C15H25N5O2. The van der Waals surface area contributed by atoms with E-state index in [0.717, 1.165) is 11.0 Å². The molecular weight excluding hydrogens is 282 g/mol. The number of aromatic nitrogens is 2. The smallest absolute Gasteiger partial charge is 0.332 e. The van der Waals surface area contributed by atoms with E-state index in [1.54, 1.807) is 7.05 Å². The normalized spacial score (nSPS) is 12.5. The first-order chi connectivity index (χ1) is 10.2. The van der Waals surface area contributed by atoms with Crippen LogP contribution in [0.4, 0.5) is 5.82 Å². The average molecular weight is 307 g/mol. The summed E-state index contributed by atoms with van der Waals surface area (Å²) in [5.41, 5.74) is -1.05. The first-order valence-electron chi connectivity index (χ1n) is 7.31. The van der Waals surface area contributed by atoms with Gasteiger partial charge >= 0.3 is 5.69 Å². The van der Waals surface area contributed by atoms with Crippen molar-refractivity contribution in [2.45, 2.75) is 26.3 Å². The molecule has 1 N–H and O–H groups in total. The summed E-state index contributed by atoms with van der Waals surface area (Å²) in [6.07, 6.45) is 0.973. The van der Waals surface area contributed by atoms with E-state index in [-0.39, 0.29) is 17.4 Å². The van der Waals surface area contributed by atoms with Crippen LogP contribution in [-0.4, -0.2) is 40.7 Å². The molecule has 1 aromatic heterocycles. The molecule has 0 bridgehead atoms. The number of likely N-dealkylation sites (N-methyl/N-ethyl adjacent to an activating group) is 1. The Morgan fingerprint density at radius 1 is 1.23 bits per heavy atom. The van der Waals surface area contributed by atoms with Crippen LogP contribution in [0, 0.1) is 17.2 Å². The zero-order chi connectivity index (χ0) is 17.0. The molecule has 1 aromatic rings. The number of anilines is 1. The molecule has 0 aliphatic heterocycles. The first kappa shape index (κ1) is 18.0. The van der Waals surface area contributed by atoms with Gasteiger partial charge < -0.3 is 10.2 Å². The van der Waals surface area contributed by atoms with Gasteiger partial charge in [-0.1, -0.05) is 13.8 Å². The van der Waals surface area contributed by atoms with Crippen LogP contribution in [0.1, 0.15) is 25.8 Å². The molecule has 7 heteroatoms. The molecule has 0 spiro atoms. The van der Waals surface area contributed by atoms with Crippen molar-refractivity contribution in [3.63, 3.8) is 0 Å². The molecule has 22 heavy (non-hydrogen) atoms. The second-order valence-electron chi connectivity index (χ2n) is 6.17. The zero-order valence-electron chi connectivity index (χ0n) is 14.2. The molecule has 0 unspecified atom stereocenters. The van der Waals surface area contributed by atoms with Gasteiger partial charge in [0.05, 0.1) is 0 Å². The highest BCUT2D eigenvalue weighted by molar-refractivity contribution is 5.51.